The topological polar surface area (TPSA) is 124 Å². The SMILES string of the molecule is Cn1nc(-c2cnc3[nH]cc(C(=O)NC4COC[C@@H](N)C4)c3n2)c2ccc(F)cc21. The lowest BCUT2D eigenvalue weighted by atomic mass is 10.1. The van der Waals surface area contributed by atoms with Crippen LogP contribution in [0.5, 0.6) is 0 Å². The number of hydrogen-bond donors (Lipinski definition) is 3. The molecule has 1 fully saturated rings. The number of amides is 1. The average molecular weight is 409 g/mol. The molecule has 1 amide bonds. The van der Waals surface area contributed by atoms with Crippen molar-refractivity contribution in [3.63, 3.8) is 0 Å². The highest BCUT2D eigenvalue weighted by Crippen LogP contribution is 2.28. The van der Waals surface area contributed by atoms with Crippen molar-refractivity contribution < 1.29 is 13.9 Å². The fraction of sp³-hybridized carbons (Fsp3) is 0.300. The molecule has 5 rings (SSSR count). The van der Waals surface area contributed by atoms with E-state index in [-0.39, 0.29) is 23.8 Å². The van der Waals surface area contributed by atoms with Crippen molar-refractivity contribution in [1.82, 2.24) is 30.0 Å². The monoisotopic (exact) mass is 409 g/mol. The highest BCUT2D eigenvalue weighted by Gasteiger charge is 2.24. The maximum Gasteiger partial charge on any atom is 0.255 e. The molecule has 10 heteroatoms. The van der Waals surface area contributed by atoms with Crippen molar-refractivity contribution in [2.75, 3.05) is 13.2 Å². The van der Waals surface area contributed by atoms with E-state index in [2.05, 4.69) is 25.4 Å². The van der Waals surface area contributed by atoms with Crippen LogP contribution in [0.3, 0.4) is 0 Å². The molecule has 4 aromatic rings. The van der Waals surface area contributed by atoms with Gasteiger partial charge in [-0.25, -0.2) is 14.4 Å². The van der Waals surface area contributed by atoms with Gasteiger partial charge < -0.3 is 20.8 Å². The molecule has 4 N–H and O–H groups in total. The molecule has 1 saturated heterocycles. The Morgan fingerprint density at radius 3 is 3.10 bits per heavy atom. The summed E-state index contributed by atoms with van der Waals surface area (Å²) in [5, 5.41) is 8.18. The first kappa shape index (κ1) is 18.6. The zero-order valence-corrected chi connectivity index (χ0v) is 16.2. The Labute approximate surface area is 170 Å². The quantitative estimate of drug-likeness (QED) is 0.471. The van der Waals surface area contributed by atoms with Gasteiger partial charge >= 0.3 is 0 Å². The van der Waals surface area contributed by atoms with E-state index in [4.69, 9.17) is 10.5 Å². The number of ether oxygens (including phenoxy) is 1. The summed E-state index contributed by atoms with van der Waals surface area (Å²) >= 11 is 0. The van der Waals surface area contributed by atoms with E-state index in [9.17, 15) is 9.18 Å². The summed E-state index contributed by atoms with van der Waals surface area (Å²) in [5.41, 5.74) is 8.94. The molecule has 4 heterocycles. The number of nitrogens with zero attached hydrogens (tertiary/aromatic N) is 4. The molecule has 9 nitrogen and oxygen atoms in total. The van der Waals surface area contributed by atoms with Gasteiger partial charge in [0.15, 0.2) is 5.65 Å². The van der Waals surface area contributed by atoms with Crippen LogP contribution in [0.2, 0.25) is 0 Å². The fourth-order valence-corrected chi connectivity index (χ4v) is 3.83. The van der Waals surface area contributed by atoms with Crippen molar-refractivity contribution in [1.29, 1.82) is 0 Å². The van der Waals surface area contributed by atoms with E-state index in [1.54, 1.807) is 30.2 Å². The largest absolute Gasteiger partial charge is 0.378 e. The lowest BCUT2D eigenvalue weighted by Crippen LogP contribution is -2.47. The normalized spacial score (nSPS) is 19.4. The minimum Gasteiger partial charge on any atom is -0.378 e. The number of halogens is 1. The summed E-state index contributed by atoms with van der Waals surface area (Å²) < 4.78 is 20.6. The van der Waals surface area contributed by atoms with Gasteiger partial charge in [0, 0.05) is 24.7 Å². The number of nitrogens with two attached hydrogens (primary N) is 1. The lowest BCUT2D eigenvalue weighted by molar-refractivity contribution is 0.0522. The minimum atomic E-state index is -0.338. The Balaban J connectivity index is 1.51. The van der Waals surface area contributed by atoms with Crippen LogP contribution in [0.25, 0.3) is 33.5 Å². The van der Waals surface area contributed by atoms with Gasteiger partial charge in [0.1, 0.15) is 22.7 Å². The van der Waals surface area contributed by atoms with Gasteiger partial charge in [0.05, 0.1) is 36.5 Å². The van der Waals surface area contributed by atoms with Gasteiger partial charge in [0.25, 0.3) is 5.91 Å². The second-order valence-corrected chi connectivity index (χ2v) is 7.49. The molecule has 0 spiro atoms. The van der Waals surface area contributed by atoms with Crippen LogP contribution in [0.15, 0.2) is 30.6 Å². The summed E-state index contributed by atoms with van der Waals surface area (Å²) in [6.07, 6.45) is 3.82. The van der Waals surface area contributed by atoms with Gasteiger partial charge in [-0.2, -0.15) is 5.10 Å². The van der Waals surface area contributed by atoms with Crippen molar-refractivity contribution >= 4 is 28.0 Å². The first-order valence-corrected chi connectivity index (χ1v) is 9.60. The number of fused-ring (bicyclic) bond motifs is 2. The second kappa shape index (κ2) is 7.15. The third-order valence-corrected chi connectivity index (χ3v) is 5.26. The average Bonchev–Trinajstić information content (AvgIpc) is 3.29. The Kier molecular flexibility index (Phi) is 4.44. The number of benzene rings is 1. The van der Waals surface area contributed by atoms with E-state index in [0.29, 0.717) is 53.3 Å². The van der Waals surface area contributed by atoms with Gasteiger partial charge in [-0.3, -0.25) is 9.48 Å². The Morgan fingerprint density at radius 1 is 1.40 bits per heavy atom. The van der Waals surface area contributed by atoms with Crippen molar-refractivity contribution in [3.05, 3.63) is 42.0 Å². The summed E-state index contributed by atoms with van der Waals surface area (Å²) in [4.78, 5) is 24.8. The summed E-state index contributed by atoms with van der Waals surface area (Å²) in [6.45, 7) is 0.922. The van der Waals surface area contributed by atoms with Gasteiger partial charge in [0.2, 0.25) is 0 Å². The molecular weight excluding hydrogens is 389 g/mol. The molecule has 0 saturated carbocycles. The Hall–Kier alpha value is -3.37. The number of rotatable bonds is 3. The molecule has 1 unspecified atom stereocenters. The fourth-order valence-electron chi connectivity index (χ4n) is 3.83. The minimum absolute atomic E-state index is 0.0966. The van der Waals surface area contributed by atoms with E-state index in [0.717, 1.165) is 5.39 Å². The zero-order valence-electron chi connectivity index (χ0n) is 16.2. The summed E-state index contributed by atoms with van der Waals surface area (Å²) in [5.74, 6) is -0.613. The molecule has 30 heavy (non-hydrogen) atoms. The highest BCUT2D eigenvalue weighted by atomic mass is 19.1. The Bertz CT molecular complexity index is 1260. The number of nitrogens with one attached hydrogen (secondary N) is 2. The molecule has 0 aliphatic carbocycles. The van der Waals surface area contributed by atoms with Gasteiger partial charge in [-0.1, -0.05) is 0 Å². The highest BCUT2D eigenvalue weighted by molar-refractivity contribution is 6.05. The number of aromatic amines is 1. The maximum atomic E-state index is 13.6. The van der Waals surface area contributed by atoms with Crippen LogP contribution in [0.1, 0.15) is 16.8 Å². The molecule has 1 aromatic carbocycles. The predicted octanol–water partition coefficient (Wildman–Crippen LogP) is 1.50. The van der Waals surface area contributed by atoms with Crippen molar-refractivity contribution in [3.8, 4) is 11.4 Å². The van der Waals surface area contributed by atoms with Crippen molar-refractivity contribution in [2.45, 2.75) is 18.5 Å². The third-order valence-electron chi connectivity index (χ3n) is 5.26. The van der Waals surface area contributed by atoms with Crippen LogP contribution in [0.4, 0.5) is 4.39 Å². The number of carbonyl (C=O) groups is 1. The number of carbonyl (C=O) groups excluding carboxylic acids is 1. The van der Waals surface area contributed by atoms with Gasteiger partial charge in [-0.05, 0) is 24.6 Å². The van der Waals surface area contributed by atoms with Crippen LogP contribution in [0, 0.1) is 5.82 Å². The van der Waals surface area contributed by atoms with Crippen LogP contribution >= 0.6 is 0 Å². The lowest BCUT2D eigenvalue weighted by Gasteiger charge is -2.27. The number of H-pyrrole nitrogens is 1. The first-order valence-electron chi connectivity index (χ1n) is 9.60. The molecule has 154 valence electrons. The van der Waals surface area contributed by atoms with E-state index in [1.165, 1.54) is 12.1 Å². The van der Waals surface area contributed by atoms with E-state index >= 15 is 0 Å². The van der Waals surface area contributed by atoms with Crippen LogP contribution in [-0.2, 0) is 11.8 Å². The van der Waals surface area contributed by atoms with E-state index < -0.39 is 0 Å². The Morgan fingerprint density at radius 2 is 2.27 bits per heavy atom. The van der Waals surface area contributed by atoms with E-state index in [1.807, 2.05) is 0 Å². The van der Waals surface area contributed by atoms with Crippen LogP contribution in [-0.4, -0.2) is 55.9 Å². The number of hydrogen-bond acceptors (Lipinski definition) is 6. The van der Waals surface area contributed by atoms with Crippen LogP contribution < -0.4 is 11.1 Å². The molecular formula is C20H20FN7O2. The number of aromatic nitrogens is 5. The molecule has 1 aliphatic rings. The summed E-state index contributed by atoms with van der Waals surface area (Å²) in [6, 6.07) is 4.21. The zero-order chi connectivity index (χ0) is 20.8. The van der Waals surface area contributed by atoms with Gasteiger partial charge in [-0.15, -0.1) is 0 Å². The molecule has 0 bridgehead atoms. The first-order chi connectivity index (χ1) is 14.5. The molecule has 0 radical (unpaired) electrons. The van der Waals surface area contributed by atoms with Crippen molar-refractivity contribution in [2.24, 2.45) is 12.8 Å². The summed E-state index contributed by atoms with van der Waals surface area (Å²) in [7, 11) is 1.74. The molecule has 2 atom stereocenters. The molecule has 1 aliphatic heterocycles. The second-order valence-electron chi connectivity index (χ2n) is 7.49. The maximum absolute atomic E-state index is 13.6. The number of aryl methyl sites for hydroxylation is 1. The predicted molar refractivity (Wildman–Crippen MR) is 108 cm³/mol. The third kappa shape index (κ3) is 3.19. The molecule has 3 aromatic heterocycles. The standard InChI is InChI=1S/C20H20FN7O2/c1-28-16-4-10(21)2-3-13(16)17(27-28)15-7-24-19-18(26-15)14(6-23-19)20(29)25-12-5-11(22)8-30-9-12/h2-4,6-7,11-12H,5,8-9,22H2,1H3,(H,23,24)(H,25,29)/t11-,12?/m0/s1. The smallest absolute Gasteiger partial charge is 0.255 e.